The zero-order chi connectivity index (χ0) is 20.3. The van der Waals surface area contributed by atoms with Crippen LogP contribution in [0.3, 0.4) is 0 Å². The molecular weight excluding hydrogens is 444 g/mol. The van der Waals surface area contributed by atoms with Gasteiger partial charge < -0.3 is 10.1 Å². The smallest absolute Gasteiger partial charge is 0.255 e. The quantitative estimate of drug-likeness (QED) is 0.622. The van der Waals surface area contributed by atoms with Crippen LogP contribution in [0, 0.1) is 0 Å². The molecule has 1 saturated carbocycles. The molecule has 1 amide bonds. The van der Waals surface area contributed by atoms with Gasteiger partial charge in [-0.3, -0.25) is 4.79 Å². The molecule has 2 aromatic carbocycles. The normalized spacial score (nSPS) is 14.1. The van der Waals surface area contributed by atoms with Gasteiger partial charge in [0.05, 0.1) is 16.6 Å². The molecular formula is C20H23BrN2O4S. The van der Waals surface area contributed by atoms with Crippen LogP contribution in [0.5, 0.6) is 5.75 Å². The predicted molar refractivity (Wildman–Crippen MR) is 111 cm³/mol. The molecule has 2 aromatic rings. The van der Waals surface area contributed by atoms with Gasteiger partial charge in [0.15, 0.2) is 0 Å². The second kappa shape index (κ2) is 8.63. The van der Waals surface area contributed by atoms with E-state index in [9.17, 15) is 13.2 Å². The highest BCUT2D eigenvalue weighted by Crippen LogP contribution is 2.25. The fourth-order valence-corrected chi connectivity index (χ4v) is 4.23. The molecule has 0 bridgehead atoms. The van der Waals surface area contributed by atoms with Gasteiger partial charge in [-0.15, -0.1) is 0 Å². The molecule has 3 rings (SSSR count). The molecule has 150 valence electrons. The number of halogens is 1. The maximum Gasteiger partial charge on any atom is 0.255 e. The number of carbonyl (C=O) groups is 1. The number of carbonyl (C=O) groups excluding carboxylic acids is 1. The molecule has 0 aliphatic heterocycles. The molecule has 0 unspecified atom stereocenters. The summed E-state index contributed by atoms with van der Waals surface area (Å²) in [4.78, 5) is 12.8. The number of hydrogen-bond acceptors (Lipinski definition) is 4. The van der Waals surface area contributed by atoms with Crippen molar-refractivity contribution in [3.05, 3.63) is 58.1 Å². The Bertz CT molecular complexity index is 955. The Hall–Kier alpha value is -1.90. The van der Waals surface area contributed by atoms with Crippen LogP contribution in [0.25, 0.3) is 0 Å². The molecule has 0 atom stereocenters. The van der Waals surface area contributed by atoms with Crippen LogP contribution >= 0.6 is 15.9 Å². The van der Waals surface area contributed by atoms with E-state index >= 15 is 0 Å². The minimum absolute atomic E-state index is 0.0559. The highest BCUT2D eigenvalue weighted by atomic mass is 79.9. The number of nitrogens with one attached hydrogen (secondary N) is 2. The van der Waals surface area contributed by atoms with E-state index < -0.39 is 10.0 Å². The minimum Gasteiger partial charge on any atom is -0.490 e. The van der Waals surface area contributed by atoms with E-state index in [2.05, 4.69) is 26.0 Å². The molecule has 8 heteroatoms. The average Bonchev–Trinajstić information content (AvgIpc) is 3.43. The average molecular weight is 467 g/mol. The van der Waals surface area contributed by atoms with E-state index in [4.69, 9.17) is 4.74 Å². The monoisotopic (exact) mass is 466 g/mol. The fourth-order valence-electron chi connectivity index (χ4n) is 2.59. The Kier molecular flexibility index (Phi) is 6.42. The molecule has 1 aliphatic rings. The summed E-state index contributed by atoms with van der Waals surface area (Å²) in [6, 6.07) is 11.8. The van der Waals surface area contributed by atoms with Gasteiger partial charge in [-0.05, 0) is 62.6 Å². The van der Waals surface area contributed by atoms with Crippen molar-refractivity contribution in [1.29, 1.82) is 0 Å². The van der Waals surface area contributed by atoms with Gasteiger partial charge in [0.1, 0.15) is 5.75 Å². The third-order valence-corrected chi connectivity index (χ3v) is 6.17. The first-order valence-corrected chi connectivity index (χ1v) is 11.4. The van der Waals surface area contributed by atoms with Gasteiger partial charge in [0.2, 0.25) is 10.0 Å². The lowest BCUT2D eigenvalue weighted by molar-refractivity contribution is 0.0945. The van der Waals surface area contributed by atoms with E-state index in [1.54, 1.807) is 42.5 Å². The molecule has 1 aliphatic carbocycles. The Labute approximate surface area is 173 Å². The van der Waals surface area contributed by atoms with Gasteiger partial charge in [-0.2, -0.15) is 0 Å². The summed E-state index contributed by atoms with van der Waals surface area (Å²) in [7, 11) is -3.47. The van der Waals surface area contributed by atoms with Gasteiger partial charge in [0.25, 0.3) is 5.91 Å². The highest BCUT2D eigenvalue weighted by molar-refractivity contribution is 9.10. The van der Waals surface area contributed by atoms with E-state index in [1.807, 2.05) is 13.8 Å². The molecule has 0 saturated heterocycles. The SMILES string of the molecule is CC(C)Oc1cc(Br)ccc1C(=O)NCc1ccc(S(=O)(=O)NC2CC2)cc1. The maximum absolute atomic E-state index is 12.6. The Morgan fingerprint density at radius 3 is 2.46 bits per heavy atom. The number of rotatable bonds is 8. The van der Waals surface area contributed by atoms with E-state index in [0.717, 1.165) is 22.9 Å². The Morgan fingerprint density at radius 2 is 1.86 bits per heavy atom. The molecule has 28 heavy (non-hydrogen) atoms. The van der Waals surface area contributed by atoms with Crippen molar-refractivity contribution in [2.75, 3.05) is 0 Å². The van der Waals surface area contributed by atoms with E-state index in [1.165, 1.54) is 0 Å². The third-order valence-electron chi connectivity index (χ3n) is 4.14. The lowest BCUT2D eigenvalue weighted by atomic mass is 10.1. The highest BCUT2D eigenvalue weighted by Gasteiger charge is 2.27. The largest absolute Gasteiger partial charge is 0.490 e. The van der Waals surface area contributed by atoms with Crippen molar-refractivity contribution in [3.63, 3.8) is 0 Å². The summed E-state index contributed by atoms with van der Waals surface area (Å²) < 4.78 is 33.6. The number of benzene rings is 2. The van der Waals surface area contributed by atoms with Crippen molar-refractivity contribution in [2.45, 2.75) is 50.3 Å². The van der Waals surface area contributed by atoms with Crippen molar-refractivity contribution >= 4 is 31.9 Å². The molecule has 0 spiro atoms. The molecule has 0 radical (unpaired) electrons. The molecule has 6 nitrogen and oxygen atoms in total. The fraction of sp³-hybridized carbons (Fsp3) is 0.350. The van der Waals surface area contributed by atoms with Crippen LogP contribution < -0.4 is 14.8 Å². The first kappa shape index (κ1) is 20.8. The third kappa shape index (κ3) is 5.56. The van der Waals surface area contributed by atoms with Gasteiger partial charge in [-0.1, -0.05) is 28.1 Å². The van der Waals surface area contributed by atoms with Crippen LogP contribution in [-0.2, 0) is 16.6 Å². The topological polar surface area (TPSA) is 84.5 Å². The standard InChI is InChI=1S/C20H23BrN2O4S/c1-13(2)27-19-11-15(21)5-10-18(19)20(24)22-12-14-3-8-17(9-4-14)28(25,26)23-16-6-7-16/h3-5,8-11,13,16,23H,6-7,12H2,1-2H3,(H,22,24). The first-order valence-electron chi connectivity index (χ1n) is 9.10. The zero-order valence-electron chi connectivity index (χ0n) is 15.7. The van der Waals surface area contributed by atoms with Crippen molar-refractivity contribution in [1.82, 2.24) is 10.0 Å². The van der Waals surface area contributed by atoms with Crippen LogP contribution in [0.2, 0.25) is 0 Å². The lowest BCUT2D eigenvalue weighted by Crippen LogP contribution is -2.26. The summed E-state index contributed by atoms with van der Waals surface area (Å²) in [5, 5.41) is 2.85. The summed E-state index contributed by atoms with van der Waals surface area (Å²) in [6.45, 7) is 4.08. The Balaban J connectivity index is 1.65. The van der Waals surface area contributed by atoms with E-state index in [-0.39, 0.29) is 29.5 Å². The Morgan fingerprint density at radius 1 is 1.18 bits per heavy atom. The summed E-state index contributed by atoms with van der Waals surface area (Å²) >= 11 is 3.39. The van der Waals surface area contributed by atoms with Crippen LogP contribution in [-0.4, -0.2) is 26.5 Å². The number of sulfonamides is 1. The van der Waals surface area contributed by atoms with Gasteiger partial charge in [-0.25, -0.2) is 13.1 Å². The minimum atomic E-state index is -3.47. The molecule has 1 fully saturated rings. The summed E-state index contributed by atoms with van der Waals surface area (Å²) in [5.74, 6) is 0.254. The van der Waals surface area contributed by atoms with Crippen molar-refractivity contribution in [2.24, 2.45) is 0 Å². The summed E-state index contributed by atoms with van der Waals surface area (Å²) in [6.07, 6.45) is 1.73. The lowest BCUT2D eigenvalue weighted by Gasteiger charge is -2.15. The van der Waals surface area contributed by atoms with Gasteiger partial charge in [0, 0.05) is 17.1 Å². The van der Waals surface area contributed by atoms with E-state index in [0.29, 0.717) is 11.3 Å². The molecule has 0 heterocycles. The first-order chi connectivity index (χ1) is 13.2. The number of amides is 1. The van der Waals surface area contributed by atoms with Crippen LogP contribution in [0.1, 0.15) is 42.6 Å². The molecule has 0 aromatic heterocycles. The van der Waals surface area contributed by atoms with Crippen LogP contribution in [0.4, 0.5) is 0 Å². The predicted octanol–water partition coefficient (Wildman–Crippen LogP) is 3.61. The number of hydrogen-bond donors (Lipinski definition) is 2. The van der Waals surface area contributed by atoms with Crippen molar-refractivity contribution < 1.29 is 17.9 Å². The second-order valence-electron chi connectivity index (χ2n) is 7.03. The summed E-state index contributed by atoms with van der Waals surface area (Å²) in [5.41, 5.74) is 1.26. The number of ether oxygens (including phenoxy) is 1. The van der Waals surface area contributed by atoms with Crippen molar-refractivity contribution in [3.8, 4) is 5.75 Å². The zero-order valence-corrected chi connectivity index (χ0v) is 18.1. The van der Waals surface area contributed by atoms with Crippen LogP contribution in [0.15, 0.2) is 51.8 Å². The van der Waals surface area contributed by atoms with Gasteiger partial charge >= 0.3 is 0 Å². The maximum atomic E-state index is 12.6. The molecule has 2 N–H and O–H groups in total. The second-order valence-corrected chi connectivity index (χ2v) is 9.66.